The van der Waals surface area contributed by atoms with E-state index in [2.05, 4.69) is 5.32 Å². The molecule has 1 fully saturated rings. The number of carbonyl (C=O) groups excluding carboxylic acids is 1. The van der Waals surface area contributed by atoms with Crippen LogP contribution in [0.5, 0.6) is 0 Å². The van der Waals surface area contributed by atoms with Crippen LogP contribution in [0, 0.1) is 0 Å². The van der Waals surface area contributed by atoms with E-state index < -0.39 is 0 Å². The van der Waals surface area contributed by atoms with Gasteiger partial charge in [-0.25, -0.2) is 0 Å². The van der Waals surface area contributed by atoms with Gasteiger partial charge in [-0.3, -0.25) is 4.79 Å². The van der Waals surface area contributed by atoms with E-state index in [1.807, 2.05) is 0 Å². The molecule has 0 saturated carbocycles. The summed E-state index contributed by atoms with van der Waals surface area (Å²) in [5, 5.41) is 2.68. The molecule has 1 amide bonds. The van der Waals surface area contributed by atoms with E-state index in [1.54, 1.807) is 0 Å². The summed E-state index contributed by atoms with van der Waals surface area (Å²) in [6.45, 7) is 0.888. The fourth-order valence-corrected chi connectivity index (χ4v) is 0.565. The Morgan fingerprint density at radius 1 is 1.55 bits per heavy atom. The van der Waals surface area contributed by atoms with E-state index in [0.29, 0.717) is 0 Å². The number of amides is 1. The highest BCUT2D eigenvalue weighted by atomic mass is 35.5. The SMILES string of the molecule is ClC=C(Cl)Cl.O=C1CCCN1. The van der Waals surface area contributed by atoms with Crippen molar-refractivity contribution in [2.75, 3.05) is 6.54 Å². The van der Waals surface area contributed by atoms with Crippen LogP contribution in [-0.4, -0.2) is 12.5 Å². The second kappa shape index (κ2) is 6.77. The van der Waals surface area contributed by atoms with E-state index in [4.69, 9.17) is 34.8 Å². The molecule has 0 aromatic heterocycles. The number of nitrogens with one attached hydrogen (secondary N) is 1. The summed E-state index contributed by atoms with van der Waals surface area (Å²) in [6.07, 6.45) is 1.76. The van der Waals surface area contributed by atoms with Crippen molar-refractivity contribution < 1.29 is 4.79 Å². The van der Waals surface area contributed by atoms with Crippen LogP contribution in [0.2, 0.25) is 0 Å². The zero-order chi connectivity index (χ0) is 8.69. The molecule has 1 N–H and O–H groups in total. The topological polar surface area (TPSA) is 29.1 Å². The summed E-state index contributed by atoms with van der Waals surface area (Å²) in [4.78, 5) is 10.1. The van der Waals surface area contributed by atoms with Crippen molar-refractivity contribution in [3.8, 4) is 0 Å². The highest BCUT2D eigenvalue weighted by molar-refractivity contribution is 6.58. The highest BCUT2D eigenvalue weighted by Gasteiger charge is 2.05. The first-order valence-corrected chi connectivity index (χ1v) is 4.24. The zero-order valence-corrected chi connectivity index (χ0v) is 8.01. The maximum Gasteiger partial charge on any atom is 0.220 e. The van der Waals surface area contributed by atoms with Crippen molar-refractivity contribution in [3.05, 3.63) is 10.0 Å². The van der Waals surface area contributed by atoms with Crippen LogP contribution < -0.4 is 5.32 Å². The average molecular weight is 216 g/mol. The Labute approximate surface area is 80.5 Å². The van der Waals surface area contributed by atoms with Gasteiger partial charge in [-0.2, -0.15) is 0 Å². The standard InChI is InChI=1S/C4H7NO.C2HCl3/c6-4-2-1-3-5-4;3-1-2(4)5/h1-3H2,(H,5,6);1H. The van der Waals surface area contributed by atoms with Crippen LogP contribution >= 0.6 is 34.8 Å². The van der Waals surface area contributed by atoms with Crippen molar-refractivity contribution in [3.63, 3.8) is 0 Å². The second-order valence-electron chi connectivity index (χ2n) is 1.85. The Bertz CT molecular complexity index is 146. The third kappa shape index (κ3) is 7.98. The molecule has 0 aromatic carbocycles. The Kier molecular flexibility index (Phi) is 6.82. The van der Waals surface area contributed by atoms with Crippen molar-refractivity contribution in [2.24, 2.45) is 0 Å². The van der Waals surface area contributed by atoms with Crippen LogP contribution in [-0.2, 0) is 4.79 Å². The number of rotatable bonds is 0. The molecule has 1 heterocycles. The minimum atomic E-state index is 0.0895. The maximum atomic E-state index is 10.1. The van der Waals surface area contributed by atoms with Gasteiger partial charge in [0.2, 0.25) is 5.91 Å². The van der Waals surface area contributed by atoms with E-state index in [0.717, 1.165) is 24.9 Å². The number of carbonyl (C=O) groups is 1. The monoisotopic (exact) mass is 215 g/mol. The Balaban J connectivity index is 0.000000187. The predicted molar refractivity (Wildman–Crippen MR) is 47.9 cm³/mol. The molecule has 0 aromatic rings. The Hall–Kier alpha value is 0.0800. The summed E-state index contributed by atoms with van der Waals surface area (Å²) in [5.41, 5.74) is 1.09. The minimum Gasteiger partial charge on any atom is -0.356 e. The molecule has 0 atom stereocenters. The van der Waals surface area contributed by atoms with Crippen LogP contribution in [0.3, 0.4) is 0 Å². The van der Waals surface area contributed by atoms with E-state index in [9.17, 15) is 4.79 Å². The van der Waals surface area contributed by atoms with Crippen molar-refractivity contribution in [1.29, 1.82) is 0 Å². The van der Waals surface area contributed by atoms with Gasteiger partial charge in [-0.1, -0.05) is 34.8 Å². The molecule has 1 aliphatic rings. The third-order valence-electron chi connectivity index (χ3n) is 0.985. The fraction of sp³-hybridized carbons (Fsp3) is 0.500. The molecule has 1 aliphatic heterocycles. The lowest BCUT2D eigenvalue weighted by Crippen LogP contribution is -2.12. The van der Waals surface area contributed by atoms with E-state index in [-0.39, 0.29) is 10.4 Å². The van der Waals surface area contributed by atoms with Crippen LogP contribution in [0.4, 0.5) is 0 Å². The lowest BCUT2D eigenvalue weighted by Gasteiger charge is -1.80. The molecule has 0 unspecified atom stereocenters. The lowest BCUT2D eigenvalue weighted by molar-refractivity contribution is -0.119. The maximum absolute atomic E-state index is 10.1. The fourth-order valence-electron chi connectivity index (χ4n) is 0.565. The Morgan fingerprint density at radius 3 is 2.18 bits per heavy atom. The van der Waals surface area contributed by atoms with Gasteiger partial charge >= 0.3 is 0 Å². The van der Waals surface area contributed by atoms with E-state index >= 15 is 0 Å². The van der Waals surface area contributed by atoms with Crippen LogP contribution in [0.1, 0.15) is 12.8 Å². The molecular formula is C6H8Cl3NO. The largest absolute Gasteiger partial charge is 0.356 e. The van der Waals surface area contributed by atoms with Crippen LogP contribution in [0.25, 0.3) is 0 Å². The number of halogens is 3. The molecule has 2 nitrogen and oxygen atoms in total. The summed E-state index contributed by atoms with van der Waals surface area (Å²) >= 11 is 14.8. The molecule has 64 valence electrons. The summed E-state index contributed by atoms with van der Waals surface area (Å²) in [6, 6.07) is 0. The quantitative estimate of drug-likeness (QED) is 0.662. The number of hydrogen-bond acceptors (Lipinski definition) is 1. The van der Waals surface area contributed by atoms with Gasteiger partial charge in [0.25, 0.3) is 0 Å². The first-order chi connectivity index (χ1) is 5.16. The zero-order valence-electron chi connectivity index (χ0n) is 5.74. The second-order valence-corrected chi connectivity index (χ2v) is 3.08. The molecule has 0 bridgehead atoms. The summed E-state index contributed by atoms with van der Waals surface area (Å²) in [7, 11) is 0. The lowest BCUT2D eigenvalue weighted by atomic mass is 10.4. The van der Waals surface area contributed by atoms with Crippen molar-refractivity contribution >= 4 is 40.7 Å². The van der Waals surface area contributed by atoms with Crippen molar-refractivity contribution in [1.82, 2.24) is 5.32 Å². The van der Waals surface area contributed by atoms with Gasteiger partial charge in [-0.15, -0.1) is 0 Å². The molecular weight excluding hydrogens is 208 g/mol. The van der Waals surface area contributed by atoms with Gasteiger partial charge in [0.1, 0.15) is 4.49 Å². The average Bonchev–Trinajstić information content (AvgIpc) is 2.41. The molecule has 11 heavy (non-hydrogen) atoms. The highest BCUT2D eigenvalue weighted by Crippen LogP contribution is 2.05. The van der Waals surface area contributed by atoms with E-state index in [1.165, 1.54) is 0 Å². The summed E-state index contributed by atoms with van der Waals surface area (Å²) in [5.74, 6) is 0.204. The van der Waals surface area contributed by atoms with Gasteiger partial charge in [0, 0.05) is 18.5 Å². The van der Waals surface area contributed by atoms with Gasteiger partial charge < -0.3 is 5.32 Å². The predicted octanol–water partition coefficient (Wildman–Crippen LogP) is 2.40. The molecule has 0 radical (unpaired) electrons. The van der Waals surface area contributed by atoms with Gasteiger partial charge in [0.15, 0.2) is 0 Å². The third-order valence-corrected chi connectivity index (χ3v) is 1.65. The normalized spacial score (nSPS) is 14.6. The first kappa shape index (κ1) is 11.1. The summed E-state index contributed by atoms with van der Waals surface area (Å²) < 4.78 is 0.0895. The first-order valence-electron chi connectivity index (χ1n) is 3.05. The minimum absolute atomic E-state index is 0.0895. The van der Waals surface area contributed by atoms with Crippen molar-refractivity contribution in [2.45, 2.75) is 12.8 Å². The molecule has 1 saturated heterocycles. The molecule has 0 aliphatic carbocycles. The van der Waals surface area contributed by atoms with Crippen LogP contribution in [0.15, 0.2) is 10.0 Å². The van der Waals surface area contributed by atoms with Gasteiger partial charge in [-0.05, 0) is 6.42 Å². The molecule has 0 spiro atoms. The molecule has 5 heteroatoms. The Morgan fingerprint density at radius 2 is 2.09 bits per heavy atom. The van der Waals surface area contributed by atoms with Gasteiger partial charge in [0.05, 0.1) is 0 Å². The number of hydrogen-bond donors (Lipinski definition) is 1. The molecule has 1 rings (SSSR count). The smallest absolute Gasteiger partial charge is 0.220 e.